The molecule has 0 saturated carbocycles. The molecule has 0 spiro atoms. The maximum absolute atomic E-state index is 8.88. The van der Waals surface area contributed by atoms with E-state index in [2.05, 4.69) is 60.2 Å². The second-order valence-corrected chi connectivity index (χ2v) is 12.7. The molecular formula is C24H25N3O4Si. The lowest BCUT2D eigenvalue weighted by molar-refractivity contribution is 0.168. The zero-order valence-electron chi connectivity index (χ0n) is 18.2. The van der Waals surface area contributed by atoms with E-state index in [9.17, 15) is 0 Å². The Bertz CT molecular complexity index is 1110. The molecule has 4 rings (SSSR count). The van der Waals surface area contributed by atoms with Gasteiger partial charge in [0.15, 0.2) is 18.3 Å². The van der Waals surface area contributed by atoms with E-state index in [1.807, 2.05) is 36.4 Å². The quantitative estimate of drug-likeness (QED) is 0.198. The summed E-state index contributed by atoms with van der Waals surface area (Å²) in [7, 11) is -2.93. The molecule has 0 saturated heterocycles. The highest BCUT2D eigenvalue weighted by Gasteiger charge is 2.52. The molecule has 8 heteroatoms. The fourth-order valence-electron chi connectivity index (χ4n) is 3.99. The van der Waals surface area contributed by atoms with Crippen molar-refractivity contribution in [2.24, 2.45) is 5.16 Å². The molecule has 0 aliphatic rings. The van der Waals surface area contributed by atoms with Gasteiger partial charge < -0.3 is 18.5 Å². The minimum Gasteiger partial charge on any atom is -0.445 e. The van der Waals surface area contributed by atoms with Crippen LogP contribution >= 0.6 is 0 Å². The smallest absolute Gasteiger partial charge is 0.262 e. The number of oxime groups is 1. The molecule has 2 aromatic carbocycles. The zero-order valence-corrected chi connectivity index (χ0v) is 19.2. The molecule has 0 bridgehead atoms. The Morgan fingerprint density at radius 3 is 2.12 bits per heavy atom. The summed E-state index contributed by atoms with van der Waals surface area (Å²) >= 11 is 0. The van der Waals surface area contributed by atoms with E-state index in [-0.39, 0.29) is 5.04 Å². The van der Waals surface area contributed by atoms with E-state index >= 15 is 0 Å². The average molecular weight is 448 g/mol. The van der Waals surface area contributed by atoms with E-state index < -0.39 is 14.4 Å². The van der Waals surface area contributed by atoms with Crippen molar-refractivity contribution < 1.29 is 18.5 Å². The zero-order chi connectivity index (χ0) is 22.6. The standard InChI is InChI=1S/C24H25N3O4Si/c1-24(2,3)32(19-10-6-4-7-11-19,20-12-8-5-9-13-20)31-22(21-15-25-17-30-21)23-27-18(14-26-28)16-29-23/h4-17,22,28H,1-3H3/b26-14+/t22-/m0/s1. The lowest BCUT2D eigenvalue weighted by Crippen LogP contribution is -2.67. The van der Waals surface area contributed by atoms with Crippen LogP contribution in [0.2, 0.25) is 5.04 Å². The predicted molar refractivity (Wildman–Crippen MR) is 123 cm³/mol. The van der Waals surface area contributed by atoms with Gasteiger partial charge in [-0.3, -0.25) is 0 Å². The predicted octanol–water partition coefficient (Wildman–Crippen LogP) is 4.14. The summed E-state index contributed by atoms with van der Waals surface area (Å²) in [5.74, 6) is 0.775. The molecule has 0 aliphatic heterocycles. The molecule has 1 N–H and O–H groups in total. The normalized spacial score (nSPS) is 13.5. The summed E-state index contributed by atoms with van der Waals surface area (Å²) in [4.78, 5) is 8.53. The van der Waals surface area contributed by atoms with Gasteiger partial charge >= 0.3 is 0 Å². The maximum atomic E-state index is 8.88. The molecule has 2 aromatic heterocycles. The molecule has 7 nitrogen and oxygen atoms in total. The van der Waals surface area contributed by atoms with Crippen LogP contribution in [-0.4, -0.2) is 29.7 Å². The van der Waals surface area contributed by atoms with E-state index in [1.165, 1.54) is 18.9 Å². The first-order chi connectivity index (χ1) is 15.5. The maximum Gasteiger partial charge on any atom is 0.262 e. The van der Waals surface area contributed by atoms with Gasteiger partial charge in [0, 0.05) is 0 Å². The van der Waals surface area contributed by atoms with Crippen LogP contribution in [0.5, 0.6) is 0 Å². The van der Waals surface area contributed by atoms with E-state index in [0.29, 0.717) is 17.3 Å². The topological polar surface area (TPSA) is 93.9 Å². The monoisotopic (exact) mass is 447 g/mol. The molecule has 0 amide bonds. The minimum atomic E-state index is -2.93. The van der Waals surface area contributed by atoms with Gasteiger partial charge in [-0.2, -0.15) is 0 Å². The lowest BCUT2D eigenvalue weighted by Gasteiger charge is -2.44. The fourth-order valence-corrected chi connectivity index (χ4v) is 8.58. The number of nitrogens with zero attached hydrogens (tertiary/aromatic N) is 3. The molecule has 2 heterocycles. The number of rotatable bonds is 7. The summed E-state index contributed by atoms with van der Waals surface area (Å²) in [6.45, 7) is 6.57. The number of hydrogen-bond donors (Lipinski definition) is 1. The second-order valence-electron chi connectivity index (χ2n) is 8.42. The van der Waals surface area contributed by atoms with Crippen molar-refractivity contribution in [3.63, 3.8) is 0 Å². The number of oxazole rings is 2. The molecule has 32 heavy (non-hydrogen) atoms. The van der Waals surface area contributed by atoms with Crippen molar-refractivity contribution in [1.82, 2.24) is 9.97 Å². The van der Waals surface area contributed by atoms with Crippen LogP contribution in [0.15, 0.2) is 93.5 Å². The first kappa shape index (κ1) is 21.7. The first-order valence-corrected chi connectivity index (χ1v) is 12.2. The molecule has 164 valence electrons. The Balaban J connectivity index is 1.93. The van der Waals surface area contributed by atoms with Gasteiger partial charge in [0.1, 0.15) is 12.0 Å². The minimum absolute atomic E-state index is 0.254. The summed E-state index contributed by atoms with van der Waals surface area (Å²) in [6.07, 6.45) is 4.83. The third-order valence-electron chi connectivity index (χ3n) is 5.38. The van der Waals surface area contributed by atoms with Crippen LogP contribution in [0.25, 0.3) is 0 Å². The summed E-state index contributed by atoms with van der Waals surface area (Å²) in [5, 5.41) is 13.9. The lowest BCUT2D eigenvalue weighted by atomic mass is 10.2. The molecule has 0 radical (unpaired) electrons. The SMILES string of the molecule is CC(C)(C)[Si](O[C@@H](c1cnco1)c1nc(/C=N/O)co1)(c1ccccc1)c1ccccc1. The Kier molecular flexibility index (Phi) is 6.07. The van der Waals surface area contributed by atoms with Gasteiger partial charge in [0.2, 0.25) is 5.89 Å². The van der Waals surface area contributed by atoms with Crippen molar-refractivity contribution in [3.05, 3.63) is 96.9 Å². The van der Waals surface area contributed by atoms with Crippen molar-refractivity contribution >= 4 is 24.9 Å². The van der Waals surface area contributed by atoms with E-state index in [0.717, 1.165) is 10.4 Å². The van der Waals surface area contributed by atoms with Crippen LogP contribution in [-0.2, 0) is 4.43 Å². The molecule has 0 fully saturated rings. The Morgan fingerprint density at radius 2 is 1.62 bits per heavy atom. The third-order valence-corrected chi connectivity index (χ3v) is 10.4. The Hall–Kier alpha value is -3.49. The Labute approximate surface area is 187 Å². The van der Waals surface area contributed by atoms with Crippen molar-refractivity contribution in [2.75, 3.05) is 0 Å². The highest BCUT2D eigenvalue weighted by Crippen LogP contribution is 2.41. The third kappa shape index (κ3) is 4.02. The average Bonchev–Trinajstić information content (AvgIpc) is 3.48. The first-order valence-electron chi connectivity index (χ1n) is 10.3. The van der Waals surface area contributed by atoms with E-state index in [1.54, 1.807) is 6.20 Å². The number of benzene rings is 2. The highest BCUT2D eigenvalue weighted by molar-refractivity contribution is 6.99. The van der Waals surface area contributed by atoms with E-state index in [4.69, 9.17) is 18.5 Å². The number of hydrogen-bond acceptors (Lipinski definition) is 7. The highest BCUT2D eigenvalue weighted by atomic mass is 28.4. The molecule has 0 aliphatic carbocycles. The van der Waals surface area contributed by atoms with Crippen LogP contribution in [0.1, 0.15) is 44.2 Å². The van der Waals surface area contributed by atoms with Crippen molar-refractivity contribution in [2.45, 2.75) is 31.9 Å². The van der Waals surface area contributed by atoms with Gasteiger partial charge in [-0.25, -0.2) is 9.97 Å². The molecular weight excluding hydrogens is 422 g/mol. The molecule has 4 aromatic rings. The van der Waals surface area contributed by atoms with Gasteiger partial charge in [0.05, 0.1) is 12.4 Å². The summed E-state index contributed by atoms with van der Waals surface area (Å²) in [6, 6.07) is 20.6. The molecule has 1 atom stereocenters. The van der Waals surface area contributed by atoms with Gasteiger partial charge in [-0.1, -0.05) is 86.6 Å². The summed E-state index contributed by atoms with van der Waals surface area (Å²) in [5.41, 5.74) is 0.373. The second kappa shape index (κ2) is 8.94. The van der Waals surface area contributed by atoms with Gasteiger partial charge in [-0.15, -0.1) is 0 Å². The largest absolute Gasteiger partial charge is 0.445 e. The van der Waals surface area contributed by atoms with Crippen LogP contribution in [0, 0.1) is 0 Å². The van der Waals surface area contributed by atoms with Crippen LogP contribution < -0.4 is 10.4 Å². The fraction of sp³-hybridized carbons (Fsp3) is 0.208. The van der Waals surface area contributed by atoms with Crippen molar-refractivity contribution in [3.8, 4) is 0 Å². The summed E-state index contributed by atoms with van der Waals surface area (Å²) < 4.78 is 18.5. The van der Waals surface area contributed by atoms with Gasteiger partial charge in [0.25, 0.3) is 8.32 Å². The van der Waals surface area contributed by atoms with Gasteiger partial charge in [-0.05, 0) is 15.4 Å². The van der Waals surface area contributed by atoms with Crippen molar-refractivity contribution in [1.29, 1.82) is 0 Å². The van der Waals surface area contributed by atoms with Crippen LogP contribution in [0.4, 0.5) is 0 Å². The number of aromatic nitrogens is 2. The van der Waals surface area contributed by atoms with Crippen LogP contribution in [0.3, 0.4) is 0 Å². The molecule has 0 unspecified atom stereocenters. The Morgan fingerprint density at radius 1 is 1.00 bits per heavy atom.